The third-order valence-electron chi connectivity index (χ3n) is 3.41. The van der Waals surface area contributed by atoms with Crippen LogP contribution in [0.15, 0.2) is 6.20 Å². The number of rotatable bonds is 3. The maximum atomic E-state index is 12.0. The number of hydrogen-bond donors (Lipinski definition) is 2. The normalized spacial score (nSPS) is 19.6. The van der Waals surface area contributed by atoms with Gasteiger partial charge in [-0.2, -0.15) is 5.10 Å². The van der Waals surface area contributed by atoms with Gasteiger partial charge in [0.05, 0.1) is 5.69 Å². The Morgan fingerprint density at radius 3 is 2.65 bits per heavy atom. The van der Waals surface area contributed by atoms with E-state index in [1.54, 1.807) is 9.58 Å². The van der Waals surface area contributed by atoms with E-state index in [0.717, 1.165) is 17.7 Å². The molecule has 1 aliphatic heterocycles. The zero-order chi connectivity index (χ0) is 15.1. The molecule has 0 spiro atoms. The molecule has 0 saturated carbocycles. The lowest BCUT2D eigenvalue weighted by Crippen LogP contribution is -2.31. The van der Waals surface area contributed by atoms with Crippen LogP contribution in [0.3, 0.4) is 0 Å². The van der Waals surface area contributed by atoms with Crippen LogP contribution in [0, 0.1) is 5.41 Å². The van der Waals surface area contributed by atoms with Crippen molar-refractivity contribution in [2.24, 2.45) is 7.05 Å². The smallest absolute Gasteiger partial charge is 0.310 e. The molecule has 1 atom stereocenters. The summed E-state index contributed by atoms with van der Waals surface area (Å²) in [5.41, 5.74) is 1.75. The molecular formula is C14H23N5O. The Bertz CT molecular complexity index is 540. The minimum atomic E-state index is -0.342. The summed E-state index contributed by atoms with van der Waals surface area (Å²) in [5, 5.41) is 15.2. The highest BCUT2D eigenvalue weighted by atomic mass is 16.2. The molecule has 20 heavy (non-hydrogen) atoms. The summed E-state index contributed by atoms with van der Waals surface area (Å²) >= 11 is 0. The van der Waals surface area contributed by atoms with Gasteiger partial charge in [0, 0.05) is 30.8 Å². The summed E-state index contributed by atoms with van der Waals surface area (Å²) in [6, 6.07) is -0.532. The molecule has 6 nitrogen and oxygen atoms in total. The number of nitrogens with zero attached hydrogens (tertiary/aromatic N) is 3. The minimum absolute atomic E-state index is 0.125. The lowest BCUT2D eigenvalue weighted by Gasteiger charge is -2.25. The Balaban J connectivity index is 2.49. The molecule has 1 aromatic rings. The van der Waals surface area contributed by atoms with Gasteiger partial charge in [-0.15, -0.1) is 0 Å². The van der Waals surface area contributed by atoms with Gasteiger partial charge in [0.25, 0.3) is 0 Å². The monoisotopic (exact) mass is 277 g/mol. The number of amides is 2. The second-order valence-corrected chi connectivity index (χ2v) is 6.30. The minimum Gasteiger partial charge on any atom is -0.310 e. The fourth-order valence-electron chi connectivity index (χ4n) is 2.61. The van der Waals surface area contributed by atoms with Gasteiger partial charge in [0.2, 0.25) is 0 Å². The molecule has 1 aromatic heterocycles. The predicted molar refractivity (Wildman–Crippen MR) is 77.9 cm³/mol. The van der Waals surface area contributed by atoms with Crippen molar-refractivity contribution in [1.29, 1.82) is 5.41 Å². The molecule has 1 fully saturated rings. The van der Waals surface area contributed by atoms with E-state index in [2.05, 4.69) is 31.2 Å². The van der Waals surface area contributed by atoms with Crippen molar-refractivity contribution in [3.63, 3.8) is 0 Å². The third-order valence-corrected chi connectivity index (χ3v) is 3.41. The molecule has 1 aliphatic rings. The van der Waals surface area contributed by atoms with Gasteiger partial charge < -0.3 is 4.90 Å². The Hall–Kier alpha value is -1.85. The number of nitrogens with one attached hydrogen (secondary N) is 2. The molecule has 2 N–H and O–H groups in total. The number of carbonyl (C=O) groups is 1. The van der Waals surface area contributed by atoms with E-state index in [1.807, 2.05) is 20.2 Å². The standard InChI is InChI=1S/C14H23N5O/c1-6-7-19-10(12(15)16-13(19)20)9-8-18(5)17-11(9)14(2,3)4/h8,10H,6-7H2,1-5H3,(H2,15,16,20). The number of amidine groups is 1. The van der Waals surface area contributed by atoms with Crippen LogP contribution in [0.1, 0.15) is 51.4 Å². The van der Waals surface area contributed by atoms with Crippen LogP contribution in [0.5, 0.6) is 0 Å². The van der Waals surface area contributed by atoms with Gasteiger partial charge in [-0.25, -0.2) is 4.79 Å². The van der Waals surface area contributed by atoms with Crippen LogP contribution in [0.2, 0.25) is 0 Å². The van der Waals surface area contributed by atoms with E-state index in [-0.39, 0.29) is 23.3 Å². The van der Waals surface area contributed by atoms with E-state index in [9.17, 15) is 4.79 Å². The van der Waals surface area contributed by atoms with Gasteiger partial charge in [0.1, 0.15) is 11.9 Å². The van der Waals surface area contributed by atoms with E-state index < -0.39 is 0 Å². The number of hydrogen-bond acceptors (Lipinski definition) is 3. The number of carbonyl (C=O) groups excluding carboxylic acids is 1. The zero-order valence-corrected chi connectivity index (χ0v) is 12.8. The number of urea groups is 1. The molecule has 1 unspecified atom stereocenters. The Morgan fingerprint density at radius 1 is 1.45 bits per heavy atom. The van der Waals surface area contributed by atoms with Crippen LogP contribution >= 0.6 is 0 Å². The molecule has 0 aromatic carbocycles. The fraction of sp³-hybridized carbons (Fsp3) is 0.643. The van der Waals surface area contributed by atoms with Gasteiger partial charge in [-0.3, -0.25) is 15.4 Å². The average Bonchev–Trinajstić information content (AvgIpc) is 2.81. The van der Waals surface area contributed by atoms with Gasteiger partial charge in [-0.05, 0) is 6.42 Å². The van der Waals surface area contributed by atoms with Gasteiger partial charge in [-0.1, -0.05) is 27.7 Å². The van der Waals surface area contributed by atoms with Crippen LogP contribution in [0.4, 0.5) is 4.79 Å². The van der Waals surface area contributed by atoms with Crippen molar-refractivity contribution in [3.05, 3.63) is 17.5 Å². The zero-order valence-electron chi connectivity index (χ0n) is 12.8. The first-order valence-corrected chi connectivity index (χ1v) is 6.95. The van der Waals surface area contributed by atoms with Crippen LogP contribution in [0.25, 0.3) is 0 Å². The summed E-state index contributed by atoms with van der Waals surface area (Å²) in [6.45, 7) is 8.95. The van der Waals surface area contributed by atoms with Crippen LogP contribution in [-0.2, 0) is 12.5 Å². The highest BCUT2D eigenvalue weighted by Gasteiger charge is 2.40. The van der Waals surface area contributed by atoms with E-state index >= 15 is 0 Å². The number of aryl methyl sites for hydroxylation is 1. The van der Waals surface area contributed by atoms with E-state index in [0.29, 0.717) is 6.54 Å². The third kappa shape index (κ3) is 2.42. The lowest BCUT2D eigenvalue weighted by atomic mass is 9.87. The van der Waals surface area contributed by atoms with Gasteiger partial charge in [0.15, 0.2) is 0 Å². The fourth-order valence-corrected chi connectivity index (χ4v) is 2.61. The topological polar surface area (TPSA) is 74.0 Å². The van der Waals surface area contributed by atoms with Crippen LogP contribution in [-0.4, -0.2) is 33.1 Å². The summed E-state index contributed by atoms with van der Waals surface area (Å²) in [7, 11) is 1.87. The summed E-state index contributed by atoms with van der Waals surface area (Å²) in [4.78, 5) is 13.7. The summed E-state index contributed by atoms with van der Waals surface area (Å²) in [6.07, 6.45) is 2.78. The Kier molecular flexibility index (Phi) is 3.58. The second kappa shape index (κ2) is 4.92. The molecule has 0 aliphatic carbocycles. The second-order valence-electron chi connectivity index (χ2n) is 6.30. The molecule has 6 heteroatoms. The van der Waals surface area contributed by atoms with Crippen molar-refractivity contribution in [3.8, 4) is 0 Å². The molecule has 2 rings (SSSR count). The lowest BCUT2D eigenvalue weighted by molar-refractivity contribution is 0.205. The van der Waals surface area contributed by atoms with Crippen molar-refractivity contribution in [1.82, 2.24) is 20.0 Å². The Morgan fingerprint density at radius 2 is 2.10 bits per heavy atom. The highest BCUT2D eigenvalue weighted by molar-refractivity contribution is 6.06. The molecule has 2 heterocycles. The molecule has 0 radical (unpaired) electrons. The van der Waals surface area contributed by atoms with Crippen molar-refractivity contribution < 1.29 is 4.79 Å². The number of aromatic nitrogens is 2. The summed E-state index contributed by atoms with van der Waals surface area (Å²) in [5.74, 6) is 0.238. The maximum absolute atomic E-state index is 12.0. The molecule has 110 valence electrons. The van der Waals surface area contributed by atoms with E-state index in [4.69, 9.17) is 5.41 Å². The quantitative estimate of drug-likeness (QED) is 0.888. The molecular weight excluding hydrogens is 254 g/mol. The SMILES string of the molecule is CCCN1C(=O)NC(=N)C1c1cn(C)nc1C(C)(C)C. The molecule has 2 amide bonds. The highest BCUT2D eigenvalue weighted by Crippen LogP contribution is 2.33. The largest absolute Gasteiger partial charge is 0.323 e. The first-order chi connectivity index (χ1) is 9.25. The molecule has 0 bridgehead atoms. The molecule has 1 saturated heterocycles. The first-order valence-electron chi connectivity index (χ1n) is 6.95. The first kappa shape index (κ1) is 14.6. The maximum Gasteiger partial charge on any atom is 0.323 e. The summed E-state index contributed by atoms with van der Waals surface area (Å²) < 4.78 is 1.76. The van der Waals surface area contributed by atoms with Crippen LogP contribution < -0.4 is 5.32 Å². The predicted octanol–water partition coefficient (Wildman–Crippen LogP) is 2.17. The van der Waals surface area contributed by atoms with Gasteiger partial charge >= 0.3 is 6.03 Å². The Labute approximate surface area is 119 Å². The van der Waals surface area contributed by atoms with E-state index in [1.165, 1.54) is 0 Å². The van der Waals surface area contributed by atoms with Crippen molar-refractivity contribution in [2.75, 3.05) is 6.54 Å². The van der Waals surface area contributed by atoms with Crippen molar-refractivity contribution in [2.45, 2.75) is 45.6 Å². The average molecular weight is 277 g/mol. The van der Waals surface area contributed by atoms with Crippen molar-refractivity contribution >= 4 is 11.9 Å².